The minimum atomic E-state index is -2.26. The third kappa shape index (κ3) is 3.30. The fraction of sp³-hybridized carbons (Fsp3) is 0.692. The van der Waals surface area contributed by atoms with Crippen molar-refractivity contribution in [3.63, 3.8) is 0 Å². The van der Waals surface area contributed by atoms with Gasteiger partial charge in [0, 0.05) is 38.7 Å². The molecule has 1 amide bonds. The lowest BCUT2D eigenvalue weighted by Crippen LogP contribution is -2.50. The molecule has 0 radical (unpaired) electrons. The van der Waals surface area contributed by atoms with Crippen molar-refractivity contribution >= 4 is 5.91 Å². The summed E-state index contributed by atoms with van der Waals surface area (Å²) in [6, 6.07) is 0. The van der Waals surface area contributed by atoms with Gasteiger partial charge in [0.05, 0.1) is 6.20 Å². The quantitative estimate of drug-likeness (QED) is 0.818. The normalized spacial score (nSPS) is 15.9. The van der Waals surface area contributed by atoms with Crippen LogP contribution in [-0.4, -0.2) is 40.1 Å². The molecule has 106 valence electrons. The summed E-state index contributed by atoms with van der Waals surface area (Å²) in [6.07, 6.45) is 0.506. The van der Waals surface area contributed by atoms with E-state index in [9.17, 15) is 13.6 Å². The first kappa shape index (κ1) is 14.0. The van der Waals surface area contributed by atoms with Gasteiger partial charge in [-0.15, -0.1) is 0 Å². The van der Waals surface area contributed by atoms with Gasteiger partial charge in [0.2, 0.25) is 12.3 Å². The third-order valence-electron chi connectivity index (χ3n) is 3.77. The van der Waals surface area contributed by atoms with E-state index in [1.54, 1.807) is 15.8 Å². The standard InChI is InChI=1S/C13H19F2N3O/c1-9-11(6-16-17(9)2)3-4-13(19)18-7-10(8-18)5-12(14)15/h6,10,12H,3-5,7-8H2,1-2H3. The molecule has 6 heteroatoms. The second-order valence-electron chi connectivity index (χ2n) is 5.17. The predicted octanol–water partition coefficient (Wildman–Crippen LogP) is 1.77. The number of aromatic nitrogens is 2. The van der Waals surface area contributed by atoms with Crippen molar-refractivity contribution in [2.24, 2.45) is 13.0 Å². The Morgan fingerprint density at radius 1 is 1.53 bits per heavy atom. The molecule has 0 atom stereocenters. The average molecular weight is 271 g/mol. The molecule has 1 aromatic heterocycles. The number of hydrogen-bond donors (Lipinski definition) is 0. The summed E-state index contributed by atoms with van der Waals surface area (Å²) in [4.78, 5) is 13.5. The summed E-state index contributed by atoms with van der Waals surface area (Å²) < 4.78 is 26.1. The lowest BCUT2D eigenvalue weighted by Gasteiger charge is -2.39. The van der Waals surface area contributed by atoms with Crippen LogP contribution in [0.15, 0.2) is 6.20 Å². The van der Waals surface area contributed by atoms with E-state index in [4.69, 9.17) is 0 Å². The first-order chi connectivity index (χ1) is 8.97. The van der Waals surface area contributed by atoms with Crippen molar-refractivity contribution in [3.05, 3.63) is 17.5 Å². The number of alkyl halides is 2. The van der Waals surface area contributed by atoms with Gasteiger partial charge in [-0.1, -0.05) is 0 Å². The molecule has 0 unspecified atom stereocenters. The van der Waals surface area contributed by atoms with Crippen LogP contribution in [0.25, 0.3) is 0 Å². The van der Waals surface area contributed by atoms with E-state index in [0.717, 1.165) is 11.3 Å². The smallest absolute Gasteiger partial charge is 0.239 e. The minimum Gasteiger partial charge on any atom is -0.342 e. The second-order valence-corrected chi connectivity index (χ2v) is 5.17. The maximum Gasteiger partial charge on any atom is 0.239 e. The van der Waals surface area contributed by atoms with Crippen LogP contribution in [0.3, 0.4) is 0 Å². The van der Waals surface area contributed by atoms with Crippen LogP contribution in [-0.2, 0) is 18.3 Å². The summed E-state index contributed by atoms with van der Waals surface area (Å²) in [5, 5.41) is 4.13. The molecule has 0 bridgehead atoms. The number of carbonyl (C=O) groups is 1. The maximum atomic E-state index is 12.1. The molecule has 0 aromatic carbocycles. The molecular weight excluding hydrogens is 252 g/mol. The number of halogens is 2. The van der Waals surface area contributed by atoms with Crippen molar-refractivity contribution in [1.29, 1.82) is 0 Å². The molecule has 0 saturated carbocycles. The minimum absolute atomic E-state index is 0.0240. The zero-order chi connectivity index (χ0) is 14.0. The molecular formula is C13H19F2N3O. The van der Waals surface area contributed by atoms with Crippen LogP contribution in [0, 0.1) is 12.8 Å². The summed E-state index contributed by atoms with van der Waals surface area (Å²) in [7, 11) is 1.87. The van der Waals surface area contributed by atoms with E-state index < -0.39 is 6.43 Å². The zero-order valence-electron chi connectivity index (χ0n) is 11.3. The number of nitrogens with zero attached hydrogens (tertiary/aromatic N) is 3. The number of amides is 1. The summed E-state index contributed by atoms with van der Waals surface area (Å²) in [5.41, 5.74) is 2.13. The molecule has 1 fully saturated rings. The van der Waals surface area contributed by atoms with Crippen LogP contribution in [0.4, 0.5) is 8.78 Å². The number of carbonyl (C=O) groups excluding carboxylic acids is 1. The molecule has 1 aromatic rings. The van der Waals surface area contributed by atoms with E-state index >= 15 is 0 Å². The topological polar surface area (TPSA) is 38.1 Å². The first-order valence-corrected chi connectivity index (χ1v) is 6.50. The lowest BCUT2D eigenvalue weighted by molar-refractivity contribution is -0.138. The van der Waals surface area contributed by atoms with Gasteiger partial charge in [-0.05, 0) is 24.8 Å². The zero-order valence-corrected chi connectivity index (χ0v) is 11.3. The van der Waals surface area contributed by atoms with E-state index in [-0.39, 0.29) is 18.2 Å². The monoisotopic (exact) mass is 271 g/mol. The highest BCUT2D eigenvalue weighted by atomic mass is 19.3. The molecule has 2 rings (SSSR count). The predicted molar refractivity (Wildman–Crippen MR) is 67.0 cm³/mol. The Morgan fingerprint density at radius 3 is 2.74 bits per heavy atom. The Bertz CT molecular complexity index is 453. The molecule has 1 aliphatic heterocycles. The van der Waals surface area contributed by atoms with Crippen LogP contribution in [0.2, 0.25) is 0 Å². The molecule has 0 aliphatic carbocycles. The SMILES string of the molecule is Cc1c(CCC(=O)N2CC(CC(F)F)C2)cnn1C. The fourth-order valence-electron chi connectivity index (χ4n) is 2.36. The summed E-state index contributed by atoms with van der Waals surface area (Å²) >= 11 is 0. The van der Waals surface area contributed by atoms with Gasteiger partial charge >= 0.3 is 0 Å². The van der Waals surface area contributed by atoms with Gasteiger partial charge in [-0.2, -0.15) is 5.10 Å². The molecule has 0 spiro atoms. The summed E-state index contributed by atoms with van der Waals surface area (Å²) in [6.45, 7) is 2.93. The Labute approximate surface area is 111 Å². The van der Waals surface area contributed by atoms with Crippen LogP contribution in [0.5, 0.6) is 0 Å². The van der Waals surface area contributed by atoms with Gasteiger partial charge < -0.3 is 4.90 Å². The Balaban J connectivity index is 1.73. The highest BCUT2D eigenvalue weighted by Gasteiger charge is 2.32. The molecule has 2 heterocycles. The van der Waals surface area contributed by atoms with Gasteiger partial charge in [0.1, 0.15) is 0 Å². The number of likely N-dealkylation sites (tertiary alicyclic amines) is 1. The highest BCUT2D eigenvalue weighted by molar-refractivity contribution is 5.77. The van der Waals surface area contributed by atoms with E-state index in [2.05, 4.69) is 5.10 Å². The summed E-state index contributed by atoms with van der Waals surface area (Å²) in [5.74, 6) is 0.0258. The van der Waals surface area contributed by atoms with Crippen molar-refractivity contribution in [2.75, 3.05) is 13.1 Å². The van der Waals surface area contributed by atoms with Crippen molar-refractivity contribution in [2.45, 2.75) is 32.6 Å². The number of rotatable bonds is 5. The van der Waals surface area contributed by atoms with Gasteiger partial charge in [-0.3, -0.25) is 9.48 Å². The van der Waals surface area contributed by atoms with Crippen LogP contribution < -0.4 is 0 Å². The van der Waals surface area contributed by atoms with E-state index in [1.807, 2.05) is 14.0 Å². The fourth-order valence-corrected chi connectivity index (χ4v) is 2.36. The van der Waals surface area contributed by atoms with Crippen LogP contribution in [0.1, 0.15) is 24.1 Å². The number of hydrogen-bond acceptors (Lipinski definition) is 2. The third-order valence-corrected chi connectivity index (χ3v) is 3.77. The number of aryl methyl sites for hydroxylation is 2. The lowest BCUT2D eigenvalue weighted by atomic mass is 9.96. The van der Waals surface area contributed by atoms with Crippen molar-refractivity contribution in [1.82, 2.24) is 14.7 Å². The van der Waals surface area contributed by atoms with Gasteiger partial charge in [-0.25, -0.2) is 8.78 Å². The Kier molecular flexibility index (Phi) is 4.17. The van der Waals surface area contributed by atoms with Gasteiger partial charge in [0.15, 0.2) is 0 Å². The molecule has 1 aliphatic rings. The Morgan fingerprint density at radius 2 is 2.21 bits per heavy atom. The average Bonchev–Trinajstić information content (AvgIpc) is 2.61. The Hall–Kier alpha value is -1.46. The van der Waals surface area contributed by atoms with Crippen LogP contribution >= 0.6 is 0 Å². The molecule has 1 saturated heterocycles. The van der Waals surface area contributed by atoms with E-state index in [1.165, 1.54) is 0 Å². The van der Waals surface area contributed by atoms with Crippen molar-refractivity contribution in [3.8, 4) is 0 Å². The molecule has 4 nitrogen and oxygen atoms in total. The second kappa shape index (κ2) is 5.67. The van der Waals surface area contributed by atoms with Crippen molar-refractivity contribution < 1.29 is 13.6 Å². The van der Waals surface area contributed by atoms with E-state index in [0.29, 0.717) is 25.9 Å². The highest BCUT2D eigenvalue weighted by Crippen LogP contribution is 2.23. The molecule has 19 heavy (non-hydrogen) atoms. The van der Waals surface area contributed by atoms with Gasteiger partial charge in [0.25, 0.3) is 0 Å². The maximum absolute atomic E-state index is 12.1. The molecule has 0 N–H and O–H groups in total. The first-order valence-electron chi connectivity index (χ1n) is 6.50. The largest absolute Gasteiger partial charge is 0.342 e.